The number of halogens is 1. The Balaban J connectivity index is 1.87. The molecule has 4 heteroatoms. The molecule has 0 saturated heterocycles. The summed E-state index contributed by atoms with van der Waals surface area (Å²) < 4.78 is 0.831. The van der Waals surface area contributed by atoms with E-state index in [2.05, 4.69) is 11.4 Å². The van der Waals surface area contributed by atoms with Crippen LogP contribution in [0.1, 0.15) is 30.6 Å². The fourth-order valence-electron chi connectivity index (χ4n) is 2.21. The smallest absolute Gasteiger partial charge is 0.0931 e. The van der Waals surface area contributed by atoms with E-state index in [4.69, 9.17) is 16.9 Å². The van der Waals surface area contributed by atoms with Crippen molar-refractivity contribution in [3.63, 3.8) is 0 Å². The van der Waals surface area contributed by atoms with Gasteiger partial charge in [-0.3, -0.25) is 0 Å². The molecule has 2 unspecified atom stereocenters. The van der Waals surface area contributed by atoms with Crippen molar-refractivity contribution in [2.45, 2.75) is 38.3 Å². The van der Waals surface area contributed by atoms with Crippen molar-refractivity contribution in [1.29, 1.82) is 5.26 Å². The van der Waals surface area contributed by atoms with Crippen molar-refractivity contribution in [3.05, 3.63) is 21.3 Å². The number of rotatable bonds is 3. The zero-order chi connectivity index (χ0) is 11.4. The number of nitrogens with zero attached hydrogens (tertiary/aromatic N) is 1. The van der Waals surface area contributed by atoms with Gasteiger partial charge in [0.05, 0.1) is 16.3 Å². The van der Waals surface area contributed by atoms with E-state index >= 15 is 0 Å². The molecular weight excluding hydrogens is 240 g/mol. The summed E-state index contributed by atoms with van der Waals surface area (Å²) in [6, 6.07) is 6.74. The largest absolute Gasteiger partial charge is 0.308 e. The monoisotopic (exact) mass is 254 g/mol. The highest BCUT2D eigenvalue weighted by Gasteiger charge is 2.24. The highest BCUT2D eigenvalue weighted by Crippen LogP contribution is 2.25. The van der Waals surface area contributed by atoms with Crippen LogP contribution in [0.4, 0.5) is 0 Å². The van der Waals surface area contributed by atoms with E-state index in [1.165, 1.54) is 17.7 Å². The molecule has 2 rings (SSSR count). The fourth-order valence-corrected chi connectivity index (χ4v) is 3.25. The molecule has 1 aliphatic rings. The molecule has 0 bridgehead atoms. The topological polar surface area (TPSA) is 35.8 Å². The third-order valence-electron chi connectivity index (χ3n) is 3.10. The summed E-state index contributed by atoms with van der Waals surface area (Å²) in [5, 5.41) is 12.5. The van der Waals surface area contributed by atoms with Crippen molar-refractivity contribution in [2.75, 3.05) is 0 Å². The molecule has 0 aromatic carbocycles. The van der Waals surface area contributed by atoms with Crippen LogP contribution in [0.25, 0.3) is 0 Å². The minimum absolute atomic E-state index is 0.184. The first-order chi connectivity index (χ1) is 7.79. The van der Waals surface area contributed by atoms with Gasteiger partial charge in [0, 0.05) is 17.5 Å². The van der Waals surface area contributed by atoms with Crippen molar-refractivity contribution < 1.29 is 0 Å². The maximum atomic E-state index is 9.05. The highest BCUT2D eigenvalue weighted by atomic mass is 35.5. The lowest BCUT2D eigenvalue weighted by Crippen LogP contribution is -2.37. The standard InChI is InChI=1S/C12H15ClN2S/c13-12-6-5-10(16-12)8-15-11-4-2-1-3-9(11)7-14/h5-6,9,11,15H,1-4,8H2. The second kappa shape index (κ2) is 5.67. The molecule has 0 radical (unpaired) electrons. The second-order valence-electron chi connectivity index (χ2n) is 4.21. The van der Waals surface area contributed by atoms with Crippen LogP contribution in [0.5, 0.6) is 0 Å². The molecule has 2 atom stereocenters. The Morgan fingerprint density at radius 1 is 1.44 bits per heavy atom. The minimum Gasteiger partial charge on any atom is -0.308 e. The van der Waals surface area contributed by atoms with E-state index in [-0.39, 0.29) is 5.92 Å². The van der Waals surface area contributed by atoms with Crippen molar-refractivity contribution in [1.82, 2.24) is 5.32 Å². The predicted molar refractivity (Wildman–Crippen MR) is 67.5 cm³/mol. The van der Waals surface area contributed by atoms with Crippen LogP contribution < -0.4 is 5.32 Å². The Kier molecular flexibility index (Phi) is 4.22. The maximum Gasteiger partial charge on any atom is 0.0931 e. The molecule has 0 spiro atoms. The molecule has 1 fully saturated rings. The van der Waals surface area contributed by atoms with Gasteiger partial charge in [-0.1, -0.05) is 24.4 Å². The van der Waals surface area contributed by atoms with Gasteiger partial charge in [0.1, 0.15) is 0 Å². The van der Waals surface area contributed by atoms with E-state index < -0.39 is 0 Å². The number of hydrogen-bond donors (Lipinski definition) is 1. The first kappa shape index (κ1) is 11.9. The lowest BCUT2D eigenvalue weighted by atomic mass is 9.85. The first-order valence-corrected chi connectivity index (χ1v) is 6.86. The number of thiophene rings is 1. The summed E-state index contributed by atoms with van der Waals surface area (Å²) >= 11 is 7.48. The Hall–Kier alpha value is -0.560. The summed E-state index contributed by atoms with van der Waals surface area (Å²) in [7, 11) is 0. The van der Waals surface area contributed by atoms with Crippen LogP contribution in [0, 0.1) is 17.2 Å². The van der Waals surface area contributed by atoms with E-state index in [1.807, 2.05) is 12.1 Å². The summed E-state index contributed by atoms with van der Waals surface area (Å²) in [6.07, 6.45) is 4.60. The fraction of sp³-hybridized carbons (Fsp3) is 0.583. The van der Waals surface area contributed by atoms with Crippen LogP contribution in [0.2, 0.25) is 4.34 Å². The SMILES string of the molecule is N#CC1CCCCC1NCc1ccc(Cl)s1. The van der Waals surface area contributed by atoms with Crippen molar-refractivity contribution in [3.8, 4) is 6.07 Å². The number of hydrogen-bond acceptors (Lipinski definition) is 3. The van der Waals surface area contributed by atoms with Gasteiger partial charge in [0.15, 0.2) is 0 Å². The van der Waals surface area contributed by atoms with Gasteiger partial charge in [-0.15, -0.1) is 11.3 Å². The average Bonchev–Trinajstić information content (AvgIpc) is 2.73. The summed E-state index contributed by atoms with van der Waals surface area (Å²) in [5.41, 5.74) is 0. The zero-order valence-corrected chi connectivity index (χ0v) is 10.7. The summed E-state index contributed by atoms with van der Waals surface area (Å²) in [6.45, 7) is 0.834. The quantitative estimate of drug-likeness (QED) is 0.895. The normalized spacial score (nSPS) is 25.2. The molecule has 1 aliphatic carbocycles. The molecule has 1 N–H and O–H groups in total. The van der Waals surface area contributed by atoms with Crippen LogP contribution in [-0.4, -0.2) is 6.04 Å². The van der Waals surface area contributed by atoms with Gasteiger partial charge in [-0.2, -0.15) is 5.26 Å². The molecule has 1 aromatic rings. The first-order valence-electron chi connectivity index (χ1n) is 5.67. The van der Waals surface area contributed by atoms with Crippen LogP contribution in [0.3, 0.4) is 0 Å². The third kappa shape index (κ3) is 2.98. The van der Waals surface area contributed by atoms with E-state index in [9.17, 15) is 0 Å². The Bertz CT molecular complexity index is 383. The Morgan fingerprint density at radius 2 is 2.25 bits per heavy atom. The second-order valence-corrected chi connectivity index (χ2v) is 6.01. The average molecular weight is 255 g/mol. The minimum atomic E-state index is 0.184. The number of nitrogens with one attached hydrogen (secondary N) is 1. The van der Waals surface area contributed by atoms with E-state index in [0.717, 1.165) is 23.7 Å². The molecular formula is C12H15ClN2S. The third-order valence-corrected chi connectivity index (χ3v) is 4.33. The van der Waals surface area contributed by atoms with E-state index in [0.29, 0.717) is 6.04 Å². The van der Waals surface area contributed by atoms with Crippen LogP contribution in [0.15, 0.2) is 12.1 Å². The van der Waals surface area contributed by atoms with Gasteiger partial charge < -0.3 is 5.32 Å². The molecule has 86 valence electrons. The maximum absolute atomic E-state index is 9.05. The molecule has 1 heterocycles. The molecule has 1 aromatic heterocycles. The zero-order valence-electron chi connectivity index (χ0n) is 9.08. The predicted octanol–water partition coefficient (Wildman–Crippen LogP) is 3.57. The van der Waals surface area contributed by atoms with Gasteiger partial charge in [-0.25, -0.2) is 0 Å². The van der Waals surface area contributed by atoms with E-state index in [1.54, 1.807) is 11.3 Å². The van der Waals surface area contributed by atoms with Crippen LogP contribution >= 0.6 is 22.9 Å². The molecule has 0 amide bonds. The van der Waals surface area contributed by atoms with Gasteiger partial charge in [0.2, 0.25) is 0 Å². The lowest BCUT2D eigenvalue weighted by Gasteiger charge is -2.27. The highest BCUT2D eigenvalue weighted by molar-refractivity contribution is 7.16. The summed E-state index contributed by atoms with van der Waals surface area (Å²) in [4.78, 5) is 1.24. The van der Waals surface area contributed by atoms with Crippen molar-refractivity contribution in [2.24, 2.45) is 5.92 Å². The Morgan fingerprint density at radius 3 is 2.94 bits per heavy atom. The number of nitriles is 1. The van der Waals surface area contributed by atoms with Gasteiger partial charge >= 0.3 is 0 Å². The summed E-state index contributed by atoms with van der Waals surface area (Å²) in [5.74, 6) is 0.184. The van der Waals surface area contributed by atoms with Gasteiger partial charge in [-0.05, 0) is 25.0 Å². The molecule has 2 nitrogen and oxygen atoms in total. The molecule has 0 aliphatic heterocycles. The van der Waals surface area contributed by atoms with Gasteiger partial charge in [0.25, 0.3) is 0 Å². The Labute approximate surface area is 105 Å². The molecule has 16 heavy (non-hydrogen) atoms. The molecule has 1 saturated carbocycles. The van der Waals surface area contributed by atoms with Crippen molar-refractivity contribution >= 4 is 22.9 Å². The van der Waals surface area contributed by atoms with Crippen LogP contribution in [-0.2, 0) is 6.54 Å². The lowest BCUT2D eigenvalue weighted by molar-refractivity contribution is 0.312.